The molecule has 0 aromatic carbocycles. The third kappa shape index (κ3) is 2.73. The van der Waals surface area contributed by atoms with E-state index in [2.05, 4.69) is 0 Å². The predicted octanol–water partition coefficient (Wildman–Crippen LogP) is 0.736. The lowest BCUT2D eigenvalue weighted by atomic mass is 10.3. The van der Waals surface area contributed by atoms with Crippen LogP contribution in [0.5, 0.6) is 0 Å². The summed E-state index contributed by atoms with van der Waals surface area (Å²) in [6.07, 6.45) is 1.38. The van der Waals surface area contributed by atoms with E-state index in [4.69, 9.17) is 0 Å². The molecular formula is C9H10N2O4. The summed E-state index contributed by atoms with van der Waals surface area (Å²) in [5.41, 5.74) is -0.610. The maximum Gasteiger partial charge on any atom is 0.285 e. The van der Waals surface area contributed by atoms with Gasteiger partial charge in [-0.15, -0.1) is 0 Å². The average Bonchev–Trinajstić information content (AvgIpc) is 2.20. The molecule has 0 amide bonds. The molecule has 0 atom stereocenters. The van der Waals surface area contributed by atoms with E-state index in [1.165, 1.54) is 0 Å². The Morgan fingerprint density at radius 1 is 1.53 bits per heavy atom. The van der Waals surface area contributed by atoms with Crippen molar-refractivity contribution in [3.63, 3.8) is 0 Å². The van der Waals surface area contributed by atoms with Crippen LogP contribution in [0.1, 0.15) is 13.3 Å². The molecular weight excluding hydrogens is 200 g/mol. The van der Waals surface area contributed by atoms with Crippen LogP contribution < -0.4 is 5.56 Å². The Hall–Kier alpha value is -1.98. The van der Waals surface area contributed by atoms with Crippen LogP contribution in [0.25, 0.3) is 0 Å². The van der Waals surface area contributed by atoms with Gasteiger partial charge in [-0.2, -0.15) is 0 Å². The molecule has 15 heavy (non-hydrogen) atoms. The number of carbonyl (C=O) groups excluding carboxylic acids is 1. The van der Waals surface area contributed by atoms with Crippen molar-refractivity contribution in [2.24, 2.45) is 0 Å². The Morgan fingerprint density at radius 2 is 2.20 bits per heavy atom. The summed E-state index contributed by atoms with van der Waals surface area (Å²) >= 11 is 0. The van der Waals surface area contributed by atoms with E-state index in [-0.39, 0.29) is 18.0 Å². The van der Waals surface area contributed by atoms with Crippen molar-refractivity contribution >= 4 is 11.5 Å². The van der Waals surface area contributed by atoms with Crippen LogP contribution in [0.4, 0.5) is 5.69 Å². The number of ketones is 1. The molecule has 6 nitrogen and oxygen atoms in total. The van der Waals surface area contributed by atoms with Crippen molar-refractivity contribution in [1.82, 2.24) is 4.57 Å². The lowest BCUT2D eigenvalue weighted by molar-refractivity contribution is -0.385. The zero-order valence-corrected chi connectivity index (χ0v) is 8.17. The fraction of sp³-hybridized carbons (Fsp3) is 0.333. The van der Waals surface area contributed by atoms with Crippen LogP contribution in [-0.4, -0.2) is 15.3 Å². The van der Waals surface area contributed by atoms with Gasteiger partial charge in [-0.1, -0.05) is 6.92 Å². The molecule has 1 heterocycles. The molecule has 80 valence electrons. The zero-order valence-electron chi connectivity index (χ0n) is 8.17. The van der Waals surface area contributed by atoms with E-state index >= 15 is 0 Å². The molecule has 0 saturated heterocycles. The van der Waals surface area contributed by atoms with Gasteiger partial charge in [0.2, 0.25) is 0 Å². The minimum atomic E-state index is -0.605. The second-order valence-corrected chi connectivity index (χ2v) is 3.00. The molecule has 6 heteroatoms. The van der Waals surface area contributed by atoms with Crippen LogP contribution in [-0.2, 0) is 11.3 Å². The van der Waals surface area contributed by atoms with Gasteiger partial charge in [0.05, 0.1) is 17.7 Å². The van der Waals surface area contributed by atoms with Crippen LogP contribution >= 0.6 is 0 Å². The monoisotopic (exact) mass is 210 g/mol. The molecule has 0 N–H and O–H groups in total. The highest BCUT2D eigenvalue weighted by Gasteiger charge is 2.09. The highest BCUT2D eigenvalue weighted by Crippen LogP contribution is 2.06. The fourth-order valence-corrected chi connectivity index (χ4v) is 1.05. The highest BCUT2D eigenvalue weighted by atomic mass is 16.6. The van der Waals surface area contributed by atoms with Gasteiger partial charge >= 0.3 is 0 Å². The van der Waals surface area contributed by atoms with Crippen LogP contribution in [0, 0.1) is 10.1 Å². The zero-order chi connectivity index (χ0) is 11.4. The molecule has 0 aliphatic heterocycles. The van der Waals surface area contributed by atoms with E-state index in [0.29, 0.717) is 6.42 Å². The number of carbonyl (C=O) groups is 1. The molecule has 1 aromatic heterocycles. The molecule has 1 rings (SSSR count). The molecule has 0 fully saturated rings. The topological polar surface area (TPSA) is 82.2 Å². The van der Waals surface area contributed by atoms with Crippen molar-refractivity contribution in [1.29, 1.82) is 0 Å². The number of pyridine rings is 1. The minimum Gasteiger partial charge on any atom is -0.301 e. The number of Topliss-reactive ketones (excluding diaryl/α,β-unsaturated/α-hetero) is 1. The first kappa shape index (κ1) is 11.1. The molecule has 0 aliphatic rings. The van der Waals surface area contributed by atoms with Crippen molar-refractivity contribution in [2.45, 2.75) is 19.9 Å². The summed E-state index contributed by atoms with van der Waals surface area (Å²) in [5.74, 6) is -0.141. The van der Waals surface area contributed by atoms with Gasteiger partial charge in [-0.3, -0.25) is 19.7 Å². The summed E-state index contributed by atoms with van der Waals surface area (Å²) in [7, 11) is 0. The molecule has 0 bridgehead atoms. The normalized spacial score (nSPS) is 9.93. The Morgan fingerprint density at radius 3 is 2.73 bits per heavy atom. The van der Waals surface area contributed by atoms with Gasteiger partial charge in [-0.05, 0) is 0 Å². The van der Waals surface area contributed by atoms with E-state index in [1.807, 2.05) is 0 Å². The lowest BCUT2D eigenvalue weighted by Gasteiger charge is -2.02. The fourth-order valence-electron chi connectivity index (χ4n) is 1.05. The van der Waals surface area contributed by atoms with Crippen molar-refractivity contribution < 1.29 is 9.72 Å². The average molecular weight is 210 g/mol. The SMILES string of the molecule is CCC(=O)Cn1cc([N+](=O)[O-])ccc1=O. The molecule has 0 radical (unpaired) electrons. The van der Waals surface area contributed by atoms with Crippen LogP contribution in [0.3, 0.4) is 0 Å². The van der Waals surface area contributed by atoms with E-state index in [0.717, 1.165) is 22.9 Å². The van der Waals surface area contributed by atoms with E-state index in [9.17, 15) is 19.7 Å². The maximum atomic E-state index is 11.2. The molecule has 0 aliphatic carbocycles. The van der Waals surface area contributed by atoms with Gasteiger partial charge in [0.25, 0.3) is 11.2 Å². The lowest BCUT2D eigenvalue weighted by Crippen LogP contribution is -2.22. The third-order valence-corrected chi connectivity index (χ3v) is 1.92. The third-order valence-electron chi connectivity index (χ3n) is 1.92. The smallest absolute Gasteiger partial charge is 0.285 e. The first-order valence-electron chi connectivity index (χ1n) is 4.41. The Balaban J connectivity index is 3.06. The number of aromatic nitrogens is 1. The number of rotatable bonds is 4. The van der Waals surface area contributed by atoms with Gasteiger partial charge < -0.3 is 4.57 Å². The van der Waals surface area contributed by atoms with E-state index < -0.39 is 10.5 Å². The summed E-state index contributed by atoms with van der Waals surface area (Å²) < 4.78 is 1.05. The maximum absolute atomic E-state index is 11.2. The molecule has 0 spiro atoms. The van der Waals surface area contributed by atoms with Crippen molar-refractivity contribution in [3.05, 3.63) is 38.8 Å². The second kappa shape index (κ2) is 4.50. The minimum absolute atomic E-state index is 0.114. The summed E-state index contributed by atoms with van der Waals surface area (Å²) in [5, 5.41) is 10.4. The second-order valence-electron chi connectivity index (χ2n) is 3.00. The highest BCUT2D eigenvalue weighted by molar-refractivity contribution is 5.77. The van der Waals surface area contributed by atoms with Crippen LogP contribution in [0.15, 0.2) is 23.1 Å². The van der Waals surface area contributed by atoms with Gasteiger partial charge in [0.1, 0.15) is 0 Å². The van der Waals surface area contributed by atoms with E-state index in [1.54, 1.807) is 6.92 Å². The first-order valence-corrected chi connectivity index (χ1v) is 4.41. The summed E-state index contributed by atoms with van der Waals surface area (Å²) in [4.78, 5) is 32.1. The van der Waals surface area contributed by atoms with Gasteiger partial charge in [-0.25, -0.2) is 0 Å². The number of hydrogen-bond acceptors (Lipinski definition) is 4. The molecule has 0 unspecified atom stereocenters. The van der Waals surface area contributed by atoms with Crippen LogP contribution in [0.2, 0.25) is 0 Å². The molecule has 0 saturated carbocycles. The Kier molecular flexibility index (Phi) is 3.33. The summed E-state index contributed by atoms with van der Waals surface area (Å²) in [6.45, 7) is 1.56. The molecule has 1 aromatic rings. The number of hydrogen-bond donors (Lipinski definition) is 0. The van der Waals surface area contributed by atoms with Crippen molar-refractivity contribution in [2.75, 3.05) is 0 Å². The first-order chi connectivity index (χ1) is 7.04. The quantitative estimate of drug-likeness (QED) is 0.542. The largest absolute Gasteiger partial charge is 0.301 e. The predicted molar refractivity (Wildman–Crippen MR) is 52.7 cm³/mol. The number of nitrogens with zero attached hydrogens (tertiary/aromatic N) is 2. The Labute approximate surface area is 85.3 Å². The van der Waals surface area contributed by atoms with Gasteiger partial charge in [0, 0.05) is 18.6 Å². The standard InChI is InChI=1S/C9H10N2O4/c1-2-8(12)6-10-5-7(11(14)15)3-4-9(10)13/h3-5H,2,6H2,1H3. The van der Waals surface area contributed by atoms with Gasteiger partial charge in [0.15, 0.2) is 5.78 Å². The Bertz CT molecular complexity index is 450. The summed E-state index contributed by atoms with van der Waals surface area (Å²) in [6, 6.07) is 2.20. The van der Waals surface area contributed by atoms with Crippen molar-refractivity contribution in [3.8, 4) is 0 Å². The number of nitro groups is 1.